The van der Waals surface area contributed by atoms with Crippen molar-refractivity contribution in [1.29, 1.82) is 0 Å². The summed E-state index contributed by atoms with van der Waals surface area (Å²) >= 11 is 5.85. The van der Waals surface area contributed by atoms with Crippen molar-refractivity contribution >= 4 is 40.8 Å². The van der Waals surface area contributed by atoms with Crippen LogP contribution < -0.4 is 26.3 Å². The highest BCUT2D eigenvalue weighted by molar-refractivity contribution is 6.31. The van der Waals surface area contributed by atoms with Gasteiger partial charge in [0, 0.05) is 13.1 Å². The lowest BCUT2D eigenvalue weighted by molar-refractivity contribution is -0.274. The minimum absolute atomic E-state index is 0.0638. The molecule has 37 heavy (non-hydrogen) atoms. The molecule has 1 aromatic heterocycles. The predicted molar refractivity (Wildman–Crippen MR) is 127 cm³/mol. The normalized spacial score (nSPS) is 16.8. The maximum atomic E-state index is 12.6. The van der Waals surface area contributed by atoms with Crippen LogP contribution in [0.15, 0.2) is 29.3 Å². The third-order valence-corrected chi connectivity index (χ3v) is 6.25. The zero-order valence-corrected chi connectivity index (χ0v) is 20.1. The number of hydrogen-bond donors (Lipinski definition) is 3. The van der Waals surface area contributed by atoms with Crippen LogP contribution in [0, 0.1) is 0 Å². The van der Waals surface area contributed by atoms with Gasteiger partial charge in [0.05, 0.1) is 18.5 Å². The first-order chi connectivity index (χ1) is 17.4. The standard InChI is InChI=1S/C22H23ClF3N7O4/c23-18-20(28)31-19(27)17(30-18)14(34)9-15-29-11-21(32-15)5-7-33(8-6-21)16(35)10-36-12-1-3-13(4-2-12)37-22(24,25)26/h1-4H,5-11H2,(H,29,32)(H4,27,28,31). The van der Waals surface area contributed by atoms with Crippen LogP contribution in [0.3, 0.4) is 0 Å². The van der Waals surface area contributed by atoms with Crippen molar-refractivity contribution in [3.63, 3.8) is 0 Å². The lowest BCUT2D eigenvalue weighted by Gasteiger charge is -2.39. The lowest BCUT2D eigenvalue weighted by atomic mass is 9.88. The summed E-state index contributed by atoms with van der Waals surface area (Å²) in [6.07, 6.45) is -3.66. The molecule has 0 bridgehead atoms. The van der Waals surface area contributed by atoms with Gasteiger partial charge in [-0.05, 0) is 37.1 Å². The Kier molecular flexibility index (Phi) is 7.30. The van der Waals surface area contributed by atoms with Gasteiger partial charge in [0.1, 0.15) is 17.3 Å². The van der Waals surface area contributed by atoms with E-state index in [9.17, 15) is 22.8 Å². The second-order valence-corrected chi connectivity index (χ2v) is 8.95. The van der Waals surface area contributed by atoms with E-state index in [1.54, 1.807) is 4.90 Å². The molecule has 1 amide bonds. The van der Waals surface area contributed by atoms with Crippen LogP contribution in [0.25, 0.3) is 0 Å². The van der Waals surface area contributed by atoms with Crippen molar-refractivity contribution in [2.45, 2.75) is 31.2 Å². The molecular weight excluding hydrogens is 519 g/mol. The summed E-state index contributed by atoms with van der Waals surface area (Å²) in [5.41, 5.74) is 10.8. The summed E-state index contributed by atoms with van der Waals surface area (Å²) in [6, 6.07) is 4.79. The van der Waals surface area contributed by atoms with Crippen LogP contribution in [0.4, 0.5) is 24.8 Å². The molecular formula is C22H23ClF3N7O4. The Morgan fingerprint density at radius 2 is 1.73 bits per heavy atom. The number of amidine groups is 1. The van der Waals surface area contributed by atoms with Gasteiger partial charge < -0.3 is 31.2 Å². The second-order valence-electron chi connectivity index (χ2n) is 8.59. The maximum Gasteiger partial charge on any atom is 0.573 e. The number of alkyl halides is 3. The number of ether oxygens (including phenoxy) is 2. The number of halogens is 4. The number of carbonyl (C=O) groups excluding carboxylic acids is 2. The average Bonchev–Trinajstić information content (AvgIpc) is 3.21. The second kappa shape index (κ2) is 10.3. The van der Waals surface area contributed by atoms with Crippen molar-refractivity contribution in [3.8, 4) is 11.5 Å². The van der Waals surface area contributed by atoms with Crippen LogP contribution >= 0.6 is 11.6 Å². The van der Waals surface area contributed by atoms with Gasteiger partial charge in [0.15, 0.2) is 34.9 Å². The van der Waals surface area contributed by atoms with E-state index in [1.807, 2.05) is 0 Å². The van der Waals surface area contributed by atoms with Gasteiger partial charge in [-0.1, -0.05) is 11.6 Å². The van der Waals surface area contributed by atoms with E-state index in [1.165, 1.54) is 12.1 Å². The number of aliphatic imine (C=N–C) groups is 1. The number of benzene rings is 1. The summed E-state index contributed by atoms with van der Waals surface area (Å²) < 4.78 is 46.0. The summed E-state index contributed by atoms with van der Waals surface area (Å²) in [6.45, 7) is 1.07. The van der Waals surface area contributed by atoms with Gasteiger partial charge in [0.25, 0.3) is 5.91 Å². The molecule has 0 unspecified atom stereocenters. The van der Waals surface area contributed by atoms with E-state index in [4.69, 9.17) is 27.8 Å². The number of nitrogen functional groups attached to an aromatic ring is 2. The monoisotopic (exact) mass is 541 g/mol. The van der Waals surface area contributed by atoms with Crippen LogP contribution in [0.5, 0.6) is 11.5 Å². The predicted octanol–water partition coefficient (Wildman–Crippen LogP) is 2.21. The Balaban J connectivity index is 1.23. The van der Waals surface area contributed by atoms with Crippen LogP contribution in [-0.2, 0) is 4.79 Å². The van der Waals surface area contributed by atoms with Gasteiger partial charge in [-0.3, -0.25) is 14.6 Å². The SMILES string of the molecule is Nc1nc(N)c(C(=O)CC2=NCC3(CCN(C(=O)COc4ccc(OC(F)(F)F)cc4)CC3)N2)nc1Cl. The summed E-state index contributed by atoms with van der Waals surface area (Å²) in [5.74, 6) is -0.490. The van der Waals surface area contributed by atoms with E-state index in [2.05, 4.69) is 25.0 Å². The van der Waals surface area contributed by atoms with Crippen molar-refractivity contribution < 1.29 is 32.2 Å². The molecule has 0 aliphatic carbocycles. The Hall–Kier alpha value is -3.81. The number of nitrogens with one attached hydrogen (secondary N) is 1. The number of likely N-dealkylation sites (tertiary alicyclic amines) is 1. The number of aromatic nitrogens is 2. The first kappa shape index (κ1) is 26.3. The molecule has 15 heteroatoms. The van der Waals surface area contributed by atoms with E-state index >= 15 is 0 Å². The number of rotatable bonds is 7. The van der Waals surface area contributed by atoms with Crippen LogP contribution in [0.2, 0.25) is 5.15 Å². The van der Waals surface area contributed by atoms with E-state index < -0.39 is 12.1 Å². The topological polar surface area (TPSA) is 158 Å². The fourth-order valence-corrected chi connectivity index (χ4v) is 4.18. The smallest absolute Gasteiger partial charge is 0.484 e. The largest absolute Gasteiger partial charge is 0.573 e. The number of nitrogens with zero attached hydrogens (tertiary/aromatic N) is 4. The number of anilines is 2. The summed E-state index contributed by atoms with van der Waals surface area (Å²) in [4.78, 5) is 39.0. The number of carbonyl (C=O) groups is 2. The van der Waals surface area contributed by atoms with Gasteiger partial charge in [-0.15, -0.1) is 13.2 Å². The number of piperidine rings is 1. The highest BCUT2D eigenvalue weighted by atomic mass is 35.5. The number of hydrogen-bond acceptors (Lipinski definition) is 10. The molecule has 0 radical (unpaired) electrons. The lowest BCUT2D eigenvalue weighted by Crippen LogP contribution is -2.55. The molecule has 2 aliphatic heterocycles. The van der Waals surface area contributed by atoms with E-state index in [0.717, 1.165) is 12.1 Å². The molecule has 11 nitrogen and oxygen atoms in total. The quantitative estimate of drug-likeness (QED) is 0.447. The number of amides is 1. The molecule has 4 rings (SSSR count). The highest BCUT2D eigenvalue weighted by Crippen LogP contribution is 2.28. The zero-order chi connectivity index (χ0) is 26.8. The Morgan fingerprint density at radius 3 is 2.38 bits per heavy atom. The Bertz CT molecular complexity index is 1220. The van der Waals surface area contributed by atoms with Gasteiger partial charge in [-0.25, -0.2) is 9.97 Å². The molecule has 1 saturated heterocycles. The fourth-order valence-electron chi connectivity index (χ4n) is 4.06. The Morgan fingerprint density at radius 1 is 1.08 bits per heavy atom. The van der Waals surface area contributed by atoms with Crippen LogP contribution in [-0.4, -0.2) is 70.5 Å². The molecule has 0 atom stereocenters. The van der Waals surface area contributed by atoms with Gasteiger partial charge in [0.2, 0.25) is 0 Å². The third-order valence-electron chi connectivity index (χ3n) is 5.97. The minimum Gasteiger partial charge on any atom is -0.484 e. The number of nitrogens with two attached hydrogens (primary N) is 2. The number of Topliss-reactive ketones (excluding diaryl/α,β-unsaturated/α-hetero) is 1. The first-order valence-corrected chi connectivity index (χ1v) is 11.5. The molecule has 0 saturated carbocycles. The highest BCUT2D eigenvalue weighted by Gasteiger charge is 2.40. The molecule has 2 aromatic rings. The summed E-state index contributed by atoms with van der Waals surface area (Å²) in [5, 5.41) is 3.20. The molecule has 3 heterocycles. The first-order valence-electron chi connectivity index (χ1n) is 11.1. The van der Waals surface area contributed by atoms with Crippen molar-refractivity contribution in [3.05, 3.63) is 35.1 Å². The van der Waals surface area contributed by atoms with Gasteiger partial charge >= 0.3 is 6.36 Å². The molecule has 198 valence electrons. The fraction of sp³-hybridized carbons (Fsp3) is 0.409. The molecule has 2 aliphatic rings. The van der Waals surface area contributed by atoms with Crippen molar-refractivity contribution in [1.82, 2.24) is 20.2 Å². The average molecular weight is 542 g/mol. The van der Waals surface area contributed by atoms with Gasteiger partial charge in [-0.2, -0.15) is 0 Å². The number of ketones is 1. The molecule has 5 N–H and O–H groups in total. The molecule has 1 fully saturated rings. The van der Waals surface area contributed by atoms with Crippen molar-refractivity contribution in [2.24, 2.45) is 4.99 Å². The molecule has 1 aromatic carbocycles. The van der Waals surface area contributed by atoms with E-state index in [0.29, 0.717) is 38.3 Å². The van der Waals surface area contributed by atoms with Crippen LogP contribution in [0.1, 0.15) is 29.8 Å². The summed E-state index contributed by atoms with van der Waals surface area (Å²) in [7, 11) is 0. The Labute approximate surface area is 214 Å². The van der Waals surface area contributed by atoms with E-state index in [-0.39, 0.29) is 58.5 Å². The zero-order valence-electron chi connectivity index (χ0n) is 19.3. The minimum atomic E-state index is -4.78. The third kappa shape index (κ3) is 6.50. The van der Waals surface area contributed by atoms with Crippen molar-refractivity contribution in [2.75, 3.05) is 37.7 Å². The maximum absolute atomic E-state index is 12.6. The molecule has 1 spiro atoms.